The predicted molar refractivity (Wildman–Crippen MR) is 147 cm³/mol. The summed E-state index contributed by atoms with van der Waals surface area (Å²) in [5, 5.41) is 5.20. The van der Waals surface area contributed by atoms with Gasteiger partial charge in [-0.15, -0.1) is 0 Å². The van der Waals surface area contributed by atoms with Gasteiger partial charge in [0.1, 0.15) is 17.1 Å². The molecule has 13 heteroatoms. The van der Waals surface area contributed by atoms with Crippen molar-refractivity contribution in [1.29, 1.82) is 0 Å². The molecule has 0 aromatic heterocycles. The van der Waals surface area contributed by atoms with Gasteiger partial charge in [0.15, 0.2) is 0 Å². The van der Waals surface area contributed by atoms with Crippen molar-refractivity contribution in [2.45, 2.75) is 23.8 Å². The summed E-state index contributed by atoms with van der Waals surface area (Å²) in [5.41, 5.74) is -0.0620. The fraction of sp³-hybridized carbons (Fsp3) is 0.259. The van der Waals surface area contributed by atoms with Crippen molar-refractivity contribution in [3.63, 3.8) is 0 Å². The molecule has 1 aliphatic heterocycles. The van der Waals surface area contributed by atoms with Crippen LogP contribution in [0.5, 0.6) is 5.75 Å². The lowest BCUT2D eigenvalue weighted by Crippen LogP contribution is -2.36. The molecular formula is C27H27F5N4O3S. The van der Waals surface area contributed by atoms with Crippen LogP contribution in [0.1, 0.15) is 6.92 Å². The van der Waals surface area contributed by atoms with E-state index in [4.69, 9.17) is 9.47 Å². The zero-order valence-electron chi connectivity index (χ0n) is 21.4. The predicted octanol–water partition coefficient (Wildman–Crippen LogP) is 6.83. The van der Waals surface area contributed by atoms with E-state index in [1.165, 1.54) is 37.3 Å². The van der Waals surface area contributed by atoms with Gasteiger partial charge in [0.2, 0.25) is 11.8 Å². The zero-order valence-corrected chi connectivity index (χ0v) is 22.2. The number of benzene rings is 2. The maximum absolute atomic E-state index is 13.8. The second-order valence-corrected chi connectivity index (χ2v) is 9.20. The highest BCUT2D eigenvalue weighted by atomic mass is 32.2. The number of hydrogen-bond acceptors (Lipinski definition) is 7. The van der Waals surface area contributed by atoms with Crippen LogP contribution in [0.25, 0.3) is 0 Å². The minimum atomic E-state index is -4.83. The lowest BCUT2D eigenvalue weighted by Gasteiger charge is -2.29. The summed E-state index contributed by atoms with van der Waals surface area (Å²) in [7, 11) is 0. The second-order valence-electron chi connectivity index (χ2n) is 8.17. The maximum atomic E-state index is 13.8. The molecule has 2 aromatic rings. The van der Waals surface area contributed by atoms with Gasteiger partial charge in [-0.25, -0.2) is 0 Å². The van der Waals surface area contributed by atoms with E-state index in [-0.39, 0.29) is 39.6 Å². The molecule has 0 saturated carbocycles. The van der Waals surface area contributed by atoms with Crippen molar-refractivity contribution in [2.75, 3.05) is 41.8 Å². The first kappa shape index (κ1) is 30.7. The number of alkyl halides is 5. The number of nitrogens with zero attached hydrogens (tertiary/aromatic N) is 2. The topological polar surface area (TPSA) is 75.2 Å². The van der Waals surface area contributed by atoms with Crippen LogP contribution < -0.4 is 20.3 Å². The third-order valence-corrected chi connectivity index (χ3v) is 6.17. The van der Waals surface area contributed by atoms with Crippen LogP contribution >= 0.6 is 11.8 Å². The molecule has 2 aromatic carbocycles. The average Bonchev–Trinajstić information content (AvgIpc) is 2.89. The Kier molecular flexibility index (Phi) is 10.7. The fourth-order valence-electron chi connectivity index (χ4n) is 3.62. The van der Waals surface area contributed by atoms with Gasteiger partial charge in [0.25, 0.3) is 5.76 Å². The summed E-state index contributed by atoms with van der Waals surface area (Å²) in [6.45, 7) is 10.4. The van der Waals surface area contributed by atoms with Crippen LogP contribution in [-0.4, -0.2) is 50.0 Å². The molecule has 0 atom stereocenters. The molecule has 0 radical (unpaired) electrons. The largest absolute Gasteiger partial charge is 0.438 e. The van der Waals surface area contributed by atoms with Gasteiger partial charge in [0.05, 0.1) is 18.9 Å². The standard InChI is InChI=1S/C27H27F5N4O3S/c1-4-21(27(30,31)32)25(39-20-8-6-7-18(15-20)35-24(37)5-2)34-17(3)33-22-10-9-19(16-23(22)40-26(28)29)36-11-13-38-14-12-36/h4-10,15-16,26,33H,2-3,11-14H2,1H3,(H,35,37)/b21-4+,34-25+. The Morgan fingerprint density at radius 2 is 1.90 bits per heavy atom. The molecule has 0 unspecified atom stereocenters. The lowest BCUT2D eigenvalue weighted by atomic mass is 10.2. The summed E-state index contributed by atoms with van der Waals surface area (Å²) in [4.78, 5) is 17.7. The number of hydrogen-bond donors (Lipinski definition) is 2. The number of ether oxygens (including phenoxy) is 2. The van der Waals surface area contributed by atoms with E-state index in [1.54, 1.807) is 12.1 Å². The number of morpholine rings is 1. The highest BCUT2D eigenvalue weighted by molar-refractivity contribution is 7.99. The van der Waals surface area contributed by atoms with Crippen LogP contribution in [0, 0.1) is 0 Å². The van der Waals surface area contributed by atoms with Crippen LogP contribution in [0.15, 0.2) is 89.1 Å². The Morgan fingerprint density at radius 1 is 1.18 bits per heavy atom. The van der Waals surface area contributed by atoms with Crippen molar-refractivity contribution in [2.24, 2.45) is 4.99 Å². The summed E-state index contributed by atoms with van der Waals surface area (Å²) in [6.07, 6.45) is -3.02. The summed E-state index contributed by atoms with van der Waals surface area (Å²) in [5.74, 6) is -4.45. The van der Waals surface area contributed by atoms with Crippen LogP contribution in [0.4, 0.5) is 39.0 Å². The van der Waals surface area contributed by atoms with Crippen LogP contribution in [0.2, 0.25) is 0 Å². The maximum Gasteiger partial charge on any atom is 0.421 e. The van der Waals surface area contributed by atoms with E-state index < -0.39 is 29.3 Å². The van der Waals surface area contributed by atoms with E-state index in [0.717, 1.165) is 12.2 Å². The van der Waals surface area contributed by atoms with Gasteiger partial charge in [-0.3, -0.25) is 4.79 Å². The highest BCUT2D eigenvalue weighted by Gasteiger charge is 2.38. The Balaban J connectivity index is 1.92. The van der Waals surface area contributed by atoms with E-state index in [1.807, 2.05) is 4.90 Å². The van der Waals surface area contributed by atoms with Gasteiger partial charge >= 0.3 is 6.18 Å². The smallest absolute Gasteiger partial charge is 0.421 e. The molecule has 3 rings (SSSR count). The Morgan fingerprint density at radius 3 is 2.52 bits per heavy atom. The van der Waals surface area contributed by atoms with Gasteiger partial charge in [-0.1, -0.05) is 37.1 Å². The van der Waals surface area contributed by atoms with E-state index in [0.29, 0.717) is 32.0 Å². The number of carbonyl (C=O) groups is 1. The third kappa shape index (κ3) is 8.85. The Hall–Kier alpha value is -3.84. The molecule has 0 spiro atoms. The minimum Gasteiger partial charge on any atom is -0.438 e. The van der Waals surface area contributed by atoms with E-state index >= 15 is 0 Å². The van der Waals surface area contributed by atoms with Gasteiger partial charge in [-0.2, -0.15) is 26.9 Å². The number of aliphatic imine (C=N–C) groups is 1. The Bertz CT molecular complexity index is 1290. The molecule has 1 fully saturated rings. The molecule has 2 N–H and O–H groups in total. The van der Waals surface area contributed by atoms with Crippen LogP contribution in [0.3, 0.4) is 0 Å². The van der Waals surface area contributed by atoms with Crippen molar-refractivity contribution in [3.8, 4) is 5.75 Å². The highest BCUT2D eigenvalue weighted by Crippen LogP contribution is 2.36. The number of anilines is 3. The molecule has 1 aliphatic rings. The number of allylic oxidation sites excluding steroid dienone is 1. The van der Waals surface area contributed by atoms with Crippen molar-refractivity contribution >= 4 is 40.6 Å². The van der Waals surface area contributed by atoms with Gasteiger partial charge < -0.3 is 25.0 Å². The summed E-state index contributed by atoms with van der Waals surface area (Å²) in [6, 6.07) is 10.4. The summed E-state index contributed by atoms with van der Waals surface area (Å²) >= 11 is 0.283. The fourth-order valence-corrected chi connectivity index (χ4v) is 4.25. The number of halogens is 5. The molecule has 0 aliphatic carbocycles. The molecular weight excluding hydrogens is 555 g/mol. The van der Waals surface area contributed by atoms with Crippen molar-refractivity contribution in [1.82, 2.24) is 0 Å². The molecule has 1 heterocycles. The minimum absolute atomic E-state index is 0.0548. The number of carbonyl (C=O) groups excluding carboxylic acids is 1. The molecule has 40 heavy (non-hydrogen) atoms. The molecule has 214 valence electrons. The third-order valence-electron chi connectivity index (χ3n) is 5.40. The second kappa shape index (κ2) is 14.0. The Labute approximate surface area is 232 Å². The molecule has 1 amide bonds. The normalized spacial score (nSPS) is 14.6. The van der Waals surface area contributed by atoms with E-state index in [9.17, 15) is 26.7 Å². The number of rotatable bonds is 10. The van der Waals surface area contributed by atoms with Crippen molar-refractivity contribution < 1.29 is 36.2 Å². The molecule has 1 saturated heterocycles. The average molecular weight is 583 g/mol. The first-order valence-electron chi connectivity index (χ1n) is 11.9. The first-order valence-corrected chi connectivity index (χ1v) is 12.8. The van der Waals surface area contributed by atoms with Gasteiger partial charge in [-0.05, 0) is 43.3 Å². The lowest BCUT2D eigenvalue weighted by molar-refractivity contribution is -0.111. The number of amides is 1. The first-order chi connectivity index (χ1) is 19.0. The number of thioether (sulfide) groups is 1. The molecule has 0 bridgehead atoms. The quantitative estimate of drug-likeness (QED) is 0.105. The zero-order chi connectivity index (χ0) is 29.3. The summed E-state index contributed by atoms with van der Waals surface area (Å²) < 4.78 is 79.0. The SMILES string of the molecule is C=CC(=O)Nc1cccc(OC(=N/C(=C)Nc2ccc(N3CCOCC3)cc2SC(F)F)/C(=C\C)C(F)(F)F)c1. The number of nitrogens with one attached hydrogen (secondary N) is 2. The molecule has 7 nitrogen and oxygen atoms in total. The van der Waals surface area contributed by atoms with E-state index in [2.05, 4.69) is 28.8 Å². The monoisotopic (exact) mass is 582 g/mol. The van der Waals surface area contributed by atoms with Crippen LogP contribution in [-0.2, 0) is 9.53 Å². The van der Waals surface area contributed by atoms with Gasteiger partial charge in [0, 0.05) is 35.4 Å². The van der Waals surface area contributed by atoms with Crippen molar-refractivity contribution in [3.05, 3.63) is 79.2 Å².